The molecule has 1 aromatic carbocycles. The van der Waals surface area contributed by atoms with Crippen molar-refractivity contribution in [3.8, 4) is 17.2 Å². The Labute approximate surface area is 124 Å². The molecule has 0 atom stereocenters. The number of benzene rings is 1. The van der Waals surface area contributed by atoms with Gasteiger partial charge in [-0.2, -0.15) is 4.98 Å². The molecule has 1 aromatic heterocycles. The first-order valence-corrected chi connectivity index (χ1v) is 7.49. The van der Waals surface area contributed by atoms with Crippen LogP contribution < -0.4 is 10.5 Å². The average Bonchev–Trinajstić information content (AvgIpc) is 3.11. The van der Waals surface area contributed by atoms with E-state index in [1.54, 1.807) is 0 Å². The van der Waals surface area contributed by atoms with E-state index in [9.17, 15) is 0 Å². The third kappa shape index (κ3) is 2.65. The van der Waals surface area contributed by atoms with Gasteiger partial charge in [0, 0.05) is 5.56 Å². The lowest BCUT2D eigenvalue weighted by molar-refractivity contribution is 0.337. The van der Waals surface area contributed by atoms with E-state index in [4.69, 9.17) is 15.0 Å². The van der Waals surface area contributed by atoms with Crippen molar-refractivity contribution in [2.24, 2.45) is 5.73 Å². The molecule has 1 fully saturated rings. The van der Waals surface area contributed by atoms with Gasteiger partial charge < -0.3 is 15.0 Å². The number of rotatable bonds is 4. The zero-order valence-corrected chi connectivity index (χ0v) is 12.6. The lowest BCUT2D eigenvalue weighted by atomic mass is 9.98. The van der Waals surface area contributed by atoms with Gasteiger partial charge >= 0.3 is 0 Å². The molecule has 0 spiro atoms. The zero-order chi connectivity index (χ0) is 14.9. The Hall–Kier alpha value is -1.88. The van der Waals surface area contributed by atoms with Crippen LogP contribution in [0.25, 0.3) is 11.5 Å². The van der Waals surface area contributed by atoms with Gasteiger partial charge in [0.05, 0.1) is 12.1 Å². The molecule has 5 nitrogen and oxygen atoms in total. The minimum atomic E-state index is -0.421. The van der Waals surface area contributed by atoms with Crippen molar-refractivity contribution in [2.75, 3.05) is 6.61 Å². The molecule has 5 heteroatoms. The summed E-state index contributed by atoms with van der Waals surface area (Å²) in [7, 11) is 0. The number of hydrogen-bond acceptors (Lipinski definition) is 5. The maximum absolute atomic E-state index is 6.36. The monoisotopic (exact) mass is 287 g/mol. The summed E-state index contributed by atoms with van der Waals surface area (Å²) in [6, 6.07) is 5.90. The van der Waals surface area contributed by atoms with Gasteiger partial charge in [-0.05, 0) is 44.4 Å². The summed E-state index contributed by atoms with van der Waals surface area (Å²) >= 11 is 0. The van der Waals surface area contributed by atoms with Gasteiger partial charge in [0.1, 0.15) is 5.75 Å². The maximum atomic E-state index is 6.36. The number of nitrogens with two attached hydrogens (primary N) is 1. The zero-order valence-electron chi connectivity index (χ0n) is 12.6. The summed E-state index contributed by atoms with van der Waals surface area (Å²) in [5.41, 5.74) is 7.90. The van der Waals surface area contributed by atoms with Crippen molar-refractivity contribution in [2.45, 2.75) is 45.1 Å². The van der Waals surface area contributed by atoms with Crippen LogP contribution in [0, 0.1) is 6.92 Å². The highest BCUT2D eigenvalue weighted by atomic mass is 16.5. The summed E-state index contributed by atoms with van der Waals surface area (Å²) < 4.78 is 11.0. The fraction of sp³-hybridized carbons (Fsp3) is 0.500. The minimum absolute atomic E-state index is 0.421. The molecule has 0 saturated heterocycles. The molecule has 2 N–H and O–H groups in total. The third-order valence-corrected chi connectivity index (χ3v) is 4.10. The van der Waals surface area contributed by atoms with E-state index < -0.39 is 5.54 Å². The number of ether oxygens (including phenoxy) is 1. The fourth-order valence-corrected chi connectivity index (χ4v) is 2.82. The van der Waals surface area contributed by atoms with Crippen molar-refractivity contribution < 1.29 is 9.26 Å². The molecule has 21 heavy (non-hydrogen) atoms. The van der Waals surface area contributed by atoms with E-state index in [1.807, 2.05) is 32.0 Å². The van der Waals surface area contributed by atoms with Crippen LogP contribution in [0.3, 0.4) is 0 Å². The van der Waals surface area contributed by atoms with Crippen molar-refractivity contribution in [1.82, 2.24) is 10.1 Å². The summed E-state index contributed by atoms with van der Waals surface area (Å²) in [6.07, 6.45) is 4.09. The van der Waals surface area contributed by atoms with Gasteiger partial charge in [0.2, 0.25) is 0 Å². The normalized spacial score (nSPS) is 17.1. The molecular formula is C16H21N3O2. The molecule has 1 heterocycles. The van der Waals surface area contributed by atoms with Crippen molar-refractivity contribution in [3.05, 3.63) is 29.6 Å². The molecule has 0 bridgehead atoms. The van der Waals surface area contributed by atoms with E-state index in [2.05, 4.69) is 10.1 Å². The molecule has 112 valence electrons. The Morgan fingerprint density at radius 1 is 1.33 bits per heavy atom. The Bertz CT molecular complexity index is 630. The predicted octanol–water partition coefficient (Wildman–Crippen LogP) is 3.17. The van der Waals surface area contributed by atoms with Gasteiger partial charge in [-0.15, -0.1) is 0 Å². The fourth-order valence-electron chi connectivity index (χ4n) is 2.82. The van der Waals surface area contributed by atoms with Crippen LogP contribution in [-0.2, 0) is 5.54 Å². The molecular weight excluding hydrogens is 266 g/mol. The van der Waals surface area contributed by atoms with E-state index in [-0.39, 0.29) is 0 Å². The molecule has 0 aliphatic heterocycles. The number of aryl methyl sites for hydroxylation is 1. The number of nitrogens with zero attached hydrogens (tertiary/aromatic N) is 2. The Morgan fingerprint density at radius 2 is 2.10 bits per heavy atom. The highest BCUT2D eigenvalue weighted by molar-refractivity contribution is 5.57. The number of aromatic nitrogens is 2. The van der Waals surface area contributed by atoms with Gasteiger partial charge in [-0.1, -0.05) is 24.1 Å². The van der Waals surface area contributed by atoms with Gasteiger partial charge in [-0.25, -0.2) is 0 Å². The van der Waals surface area contributed by atoms with Crippen LogP contribution in [-0.4, -0.2) is 16.7 Å². The van der Waals surface area contributed by atoms with Crippen LogP contribution in [0.15, 0.2) is 22.7 Å². The van der Waals surface area contributed by atoms with Crippen LogP contribution in [0.5, 0.6) is 5.75 Å². The van der Waals surface area contributed by atoms with E-state index in [0.29, 0.717) is 18.3 Å². The van der Waals surface area contributed by atoms with Gasteiger partial charge in [-0.3, -0.25) is 0 Å². The highest BCUT2D eigenvalue weighted by Gasteiger charge is 2.36. The standard InChI is InChI=1S/C16H21N3O2/c1-3-20-13-10-12(7-6-11(13)2)14-18-15(19-21-14)16(17)8-4-5-9-16/h6-7,10H,3-5,8-9,17H2,1-2H3. The highest BCUT2D eigenvalue weighted by Crippen LogP contribution is 2.35. The number of hydrogen-bond donors (Lipinski definition) is 1. The van der Waals surface area contributed by atoms with E-state index in [0.717, 1.165) is 42.6 Å². The summed E-state index contributed by atoms with van der Waals surface area (Å²) in [5, 5.41) is 4.09. The molecule has 3 rings (SSSR count). The van der Waals surface area contributed by atoms with Crippen LogP contribution in [0.2, 0.25) is 0 Å². The lowest BCUT2D eigenvalue weighted by Crippen LogP contribution is -2.34. The second-order valence-electron chi connectivity index (χ2n) is 5.70. The molecule has 2 aromatic rings. The molecule has 1 aliphatic carbocycles. The quantitative estimate of drug-likeness (QED) is 0.934. The van der Waals surface area contributed by atoms with Crippen LogP contribution in [0.1, 0.15) is 44.0 Å². The second-order valence-corrected chi connectivity index (χ2v) is 5.70. The molecule has 0 radical (unpaired) electrons. The van der Waals surface area contributed by atoms with Crippen molar-refractivity contribution >= 4 is 0 Å². The minimum Gasteiger partial charge on any atom is -0.494 e. The van der Waals surface area contributed by atoms with Crippen molar-refractivity contribution in [3.63, 3.8) is 0 Å². The largest absolute Gasteiger partial charge is 0.494 e. The van der Waals surface area contributed by atoms with E-state index >= 15 is 0 Å². The predicted molar refractivity (Wildman–Crippen MR) is 80.0 cm³/mol. The first kappa shape index (κ1) is 14.1. The molecule has 0 amide bonds. The lowest BCUT2D eigenvalue weighted by Gasteiger charge is -2.17. The maximum Gasteiger partial charge on any atom is 0.258 e. The van der Waals surface area contributed by atoms with E-state index in [1.165, 1.54) is 0 Å². The molecule has 1 saturated carbocycles. The first-order chi connectivity index (χ1) is 10.1. The third-order valence-electron chi connectivity index (χ3n) is 4.10. The van der Waals surface area contributed by atoms with Crippen molar-refractivity contribution in [1.29, 1.82) is 0 Å². The summed E-state index contributed by atoms with van der Waals surface area (Å²) in [4.78, 5) is 4.51. The molecule has 1 aliphatic rings. The van der Waals surface area contributed by atoms with Crippen LogP contribution >= 0.6 is 0 Å². The van der Waals surface area contributed by atoms with Gasteiger partial charge in [0.15, 0.2) is 5.82 Å². The SMILES string of the molecule is CCOc1cc(-c2nc(C3(N)CCCC3)no2)ccc1C. The second kappa shape index (κ2) is 5.48. The first-order valence-electron chi connectivity index (χ1n) is 7.49. The van der Waals surface area contributed by atoms with Gasteiger partial charge in [0.25, 0.3) is 5.89 Å². The van der Waals surface area contributed by atoms with Crippen LogP contribution in [0.4, 0.5) is 0 Å². The topological polar surface area (TPSA) is 74.2 Å². The summed E-state index contributed by atoms with van der Waals surface area (Å²) in [6.45, 7) is 4.61. The molecule has 0 unspecified atom stereocenters. The Kier molecular flexibility index (Phi) is 3.68. The average molecular weight is 287 g/mol. The Balaban J connectivity index is 1.91. The Morgan fingerprint density at radius 3 is 2.81 bits per heavy atom. The smallest absolute Gasteiger partial charge is 0.258 e. The summed E-state index contributed by atoms with van der Waals surface area (Å²) in [5.74, 6) is 1.97.